The van der Waals surface area contributed by atoms with Crippen molar-refractivity contribution in [2.45, 2.75) is 12.5 Å². The molecule has 2 nitrogen and oxygen atoms in total. The minimum Gasteiger partial charge on any atom is -0.384 e. The van der Waals surface area contributed by atoms with Crippen LogP contribution in [-0.2, 0) is 6.42 Å². The van der Waals surface area contributed by atoms with Crippen LogP contribution in [0.3, 0.4) is 0 Å². The molecule has 2 aromatic rings. The zero-order valence-corrected chi connectivity index (χ0v) is 10.2. The van der Waals surface area contributed by atoms with E-state index < -0.39 is 17.7 Å². The summed E-state index contributed by atoms with van der Waals surface area (Å²) in [6.45, 7) is 0.810. The summed E-state index contributed by atoms with van der Waals surface area (Å²) in [4.78, 5) is 0. The molecule has 1 aliphatic rings. The summed E-state index contributed by atoms with van der Waals surface area (Å²) >= 11 is 0. The topological polar surface area (TPSA) is 32.3 Å². The maximum atomic E-state index is 13.7. The molecule has 0 aromatic heterocycles. The molecule has 19 heavy (non-hydrogen) atoms. The smallest absolute Gasteiger partial charge is 0.132 e. The highest BCUT2D eigenvalue weighted by Crippen LogP contribution is 2.34. The van der Waals surface area contributed by atoms with Crippen LogP contribution in [0.2, 0.25) is 0 Å². The normalized spacial score (nSPS) is 14.9. The molecule has 1 unspecified atom stereocenters. The number of para-hydroxylation sites is 1. The minimum absolute atomic E-state index is 0.0866. The first kappa shape index (κ1) is 12.1. The Morgan fingerprint density at radius 2 is 1.95 bits per heavy atom. The van der Waals surface area contributed by atoms with Crippen LogP contribution in [0.5, 0.6) is 0 Å². The van der Waals surface area contributed by atoms with Crippen molar-refractivity contribution in [3.05, 3.63) is 64.7 Å². The lowest BCUT2D eigenvalue weighted by atomic mass is 9.97. The van der Waals surface area contributed by atoms with Crippen LogP contribution in [0.4, 0.5) is 14.5 Å². The van der Waals surface area contributed by atoms with Crippen molar-refractivity contribution in [3.63, 3.8) is 0 Å². The first-order chi connectivity index (χ1) is 9.16. The second-order valence-corrected chi connectivity index (χ2v) is 4.63. The van der Waals surface area contributed by atoms with Gasteiger partial charge in [0.2, 0.25) is 0 Å². The monoisotopic (exact) mass is 261 g/mol. The van der Waals surface area contributed by atoms with Gasteiger partial charge in [-0.2, -0.15) is 0 Å². The number of hydrogen-bond acceptors (Lipinski definition) is 2. The van der Waals surface area contributed by atoms with Gasteiger partial charge in [0.05, 0.1) is 0 Å². The molecule has 0 aliphatic carbocycles. The van der Waals surface area contributed by atoms with E-state index in [9.17, 15) is 13.9 Å². The first-order valence-corrected chi connectivity index (χ1v) is 6.15. The Bertz CT molecular complexity index is 628. The van der Waals surface area contributed by atoms with Gasteiger partial charge >= 0.3 is 0 Å². The fourth-order valence-corrected chi connectivity index (χ4v) is 2.48. The number of fused-ring (bicyclic) bond motifs is 1. The van der Waals surface area contributed by atoms with Crippen molar-refractivity contribution in [1.29, 1.82) is 0 Å². The Morgan fingerprint density at radius 1 is 1.11 bits per heavy atom. The predicted octanol–water partition coefficient (Wildman–Crippen LogP) is 3.01. The third-order valence-electron chi connectivity index (χ3n) is 3.43. The van der Waals surface area contributed by atoms with Crippen molar-refractivity contribution in [1.82, 2.24) is 0 Å². The summed E-state index contributed by atoms with van der Waals surface area (Å²) in [5.41, 5.74) is 2.68. The van der Waals surface area contributed by atoms with Crippen molar-refractivity contribution < 1.29 is 13.9 Å². The summed E-state index contributed by atoms with van der Waals surface area (Å²) in [6, 6.07) is 8.79. The van der Waals surface area contributed by atoms with Crippen LogP contribution in [0, 0.1) is 11.6 Å². The van der Waals surface area contributed by atoms with Gasteiger partial charge < -0.3 is 10.4 Å². The van der Waals surface area contributed by atoms with Crippen LogP contribution in [0.15, 0.2) is 36.4 Å². The van der Waals surface area contributed by atoms with Crippen molar-refractivity contribution in [2.75, 3.05) is 11.9 Å². The minimum atomic E-state index is -1.10. The largest absolute Gasteiger partial charge is 0.384 e. The van der Waals surface area contributed by atoms with Gasteiger partial charge in [0.15, 0.2) is 0 Å². The van der Waals surface area contributed by atoms with Crippen LogP contribution in [0.1, 0.15) is 22.8 Å². The number of aliphatic hydroxyl groups excluding tert-OH is 1. The van der Waals surface area contributed by atoms with Gasteiger partial charge in [0.1, 0.15) is 17.7 Å². The molecular weight excluding hydrogens is 248 g/mol. The number of halogens is 2. The molecule has 1 aliphatic heterocycles. The van der Waals surface area contributed by atoms with Crippen LogP contribution in [-0.4, -0.2) is 11.7 Å². The van der Waals surface area contributed by atoms with Crippen molar-refractivity contribution in [2.24, 2.45) is 0 Å². The summed E-state index contributed by atoms with van der Waals surface area (Å²) in [5, 5.41) is 13.5. The van der Waals surface area contributed by atoms with Gasteiger partial charge in [0, 0.05) is 29.4 Å². The third kappa shape index (κ3) is 2.08. The lowest BCUT2D eigenvalue weighted by Crippen LogP contribution is -2.06. The van der Waals surface area contributed by atoms with E-state index in [0.29, 0.717) is 5.56 Å². The van der Waals surface area contributed by atoms with E-state index in [1.807, 2.05) is 12.1 Å². The quantitative estimate of drug-likeness (QED) is 0.871. The first-order valence-electron chi connectivity index (χ1n) is 6.15. The van der Waals surface area contributed by atoms with Crippen LogP contribution in [0.25, 0.3) is 0 Å². The van der Waals surface area contributed by atoms with Crippen molar-refractivity contribution in [3.8, 4) is 0 Å². The SMILES string of the molecule is OC(c1ccc(F)cc1F)c1cccc2c1NCC2. The summed E-state index contributed by atoms with van der Waals surface area (Å²) < 4.78 is 26.6. The van der Waals surface area contributed by atoms with E-state index in [-0.39, 0.29) is 5.56 Å². The fourth-order valence-electron chi connectivity index (χ4n) is 2.48. The molecule has 0 radical (unpaired) electrons. The molecule has 0 saturated heterocycles. The maximum absolute atomic E-state index is 13.7. The second-order valence-electron chi connectivity index (χ2n) is 4.63. The Labute approximate surface area is 109 Å². The molecule has 0 saturated carbocycles. The number of hydrogen-bond donors (Lipinski definition) is 2. The number of nitrogens with one attached hydrogen (secondary N) is 1. The van der Waals surface area contributed by atoms with Gasteiger partial charge in [-0.15, -0.1) is 0 Å². The van der Waals surface area contributed by atoms with E-state index in [1.165, 1.54) is 6.07 Å². The molecule has 0 fully saturated rings. The van der Waals surface area contributed by atoms with Crippen LogP contribution >= 0.6 is 0 Å². The molecule has 2 N–H and O–H groups in total. The molecule has 2 aromatic carbocycles. The average Bonchev–Trinajstić information content (AvgIpc) is 2.86. The molecular formula is C15H13F2NO. The maximum Gasteiger partial charge on any atom is 0.132 e. The average molecular weight is 261 g/mol. The summed E-state index contributed by atoms with van der Waals surface area (Å²) in [6.07, 6.45) is -0.205. The fraction of sp³-hybridized carbons (Fsp3) is 0.200. The zero-order chi connectivity index (χ0) is 13.4. The highest BCUT2D eigenvalue weighted by molar-refractivity contribution is 5.63. The predicted molar refractivity (Wildman–Crippen MR) is 69.1 cm³/mol. The number of rotatable bonds is 2. The molecule has 4 heteroatoms. The zero-order valence-electron chi connectivity index (χ0n) is 10.2. The molecule has 1 heterocycles. The Balaban J connectivity index is 2.05. The number of aliphatic hydroxyl groups is 1. The molecule has 0 bridgehead atoms. The van der Waals surface area contributed by atoms with Crippen LogP contribution < -0.4 is 5.32 Å². The Kier molecular flexibility index (Phi) is 2.95. The third-order valence-corrected chi connectivity index (χ3v) is 3.43. The Hall–Kier alpha value is -1.94. The highest BCUT2D eigenvalue weighted by Gasteiger charge is 2.22. The molecule has 0 spiro atoms. The lowest BCUT2D eigenvalue weighted by molar-refractivity contribution is 0.215. The van der Waals surface area contributed by atoms with E-state index in [0.717, 1.165) is 36.3 Å². The van der Waals surface area contributed by atoms with E-state index in [1.54, 1.807) is 6.07 Å². The van der Waals surface area contributed by atoms with Gasteiger partial charge in [-0.25, -0.2) is 8.78 Å². The van der Waals surface area contributed by atoms with E-state index >= 15 is 0 Å². The molecule has 98 valence electrons. The Morgan fingerprint density at radius 3 is 2.74 bits per heavy atom. The molecule has 3 rings (SSSR count). The second kappa shape index (κ2) is 4.63. The van der Waals surface area contributed by atoms with Crippen molar-refractivity contribution >= 4 is 5.69 Å². The standard InChI is InChI=1S/C15H13F2NO/c16-10-4-5-11(13(17)8-10)15(19)12-3-1-2-9-6-7-18-14(9)12/h1-5,8,15,18-19H,6-7H2. The lowest BCUT2D eigenvalue weighted by Gasteiger charge is -2.16. The number of anilines is 1. The summed E-state index contributed by atoms with van der Waals surface area (Å²) in [7, 11) is 0. The van der Waals surface area contributed by atoms with Gasteiger partial charge in [-0.1, -0.05) is 24.3 Å². The summed E-state index contributed by atoms with van der Waals surface area (Å²) in [5.74, 6) is -1.38. The number of benzene rings is 2. The highest BCUT2D eigenvalue weighted by atomic mass is 19.1. The van der Waals surface area contributed by atoms with E-state index in [4.69, 9.17) is 0 Å². The molecule has 0 amide bonds. The van der Waals surface area contributed by atoms with Gasteiger partial charge in [-0.3, -0.25) is 0 Å². The van der Waals surface area contributed by atoms with E-state index in [2.05, 4.69) is 5.32 Å². The van der Waals surface area contributed by atoms with Gasteiger partial charge in [0.25, 0.3) is 0 Å². The van der Waals surface area contributed by atoms with Gasteiger partial charge in [-0.05, 0) is 18.1 Å². The molecule has 1 atom stereocenters.